The molecule has 0 bridgehead atoms. The Labute approximate surface area is 190 Å². The van der Waals surface area contributed by atoms with Crippen LogP contribution in [-0.4, -0.2) is 55.9 Å². The van der Waals surface area contributed by atoms with Crippen molar-refractivity contribution in [2.24, 2.45) is 7.05 Å². The van der Waals surface area contributed by atoms with Crippen LogP contribution in [-0.2, 0) is 13.2 Å². The first kappa shape index (κ1) is 23.5. The Morgan fingerprint density at radius 2 is 2.03 bits per heavy atom. The maximum absolute atomic E-state index is 13.5. The van der Waals surface area contributed by atoms with E-state index in [1.54, 1.807) is 19.3 Å². The average Bonchev–Trinajstić information content (AvgIpc) is 3.40. The molecule has 1 aliphatic rings. The van der Waals surface area contributed by atoms with E-state index in [0.717, 1.165) is 12.3 Å². The van der Waals surface area contributed by atoms with Gasteiger partial charge in [-0.25, -0.2) is 18.7 Å². The molecule has 1 atom stereocenters. The monoisotopic (exact) mass is 482 g/mol. The molecule has 1 amide bonds. The van der Waals surface area contributed by atoms with Crippen molar-refractivity contribution < 1.29 is 31.9 Å². The molecule has 0 radical (unpaired) electrons. The summed E-state index contributed by atoms with van der Waals surface area (Å²) in [4.78, 5) is 21.7. The molecule has 34 heavy (non-hydrogen) atoms. The lowest BCUT2D eigenvalue weighted by Crippen LogP contribution is -2.40. The fraction of sp³-hybridized carbons (Fsp3) is 0.333. The van der Waals surface area contributed by atoms with Gasteiger partial charge in [0, 0.05) is 31.8 Å². The number of halogens is 5. The van der Waals surface area contributed by atoms with E-state index in [1.165, 1.54) is 27.9 Å². The van der Waals surface area contributed by atoms with Crippen LogP contribution in [0.15, 0.2) is 42.9 Å². The smallest absolute Gasteiger partial charge is 0.382 e. The minimum atomic E-state index is -4.89. The lowest BCUT2D eigenvalue weighted by atomic mass is 10.1. The van der Waals surface area contributed by atoms with Crippen LogP contribution in [0.3, 0.4) is 0 Å². The standard InChI is InChI=1S/C21H19F5N6O2/c1-31-10-12(8-28-31)14-3-2-4-15(29-14)18(33)30-16-7-13(9-27-17(16)21(24,25)26)32-6-5-20(34,11-32)19(22)23/h2-4,7-10,19,34H,5-6,11H2,1H3,(H,30,33). The largest absolute Gasteiger partial charge is 0.435 e. The third-order valence-corrected chi connectivity index (χ3v) is 5.42. The Morgan fingerprint density at radius 1 is 1.26 bits per heavy atom. The van der Waals surface area contributed by atoms with Crippen LogP contribution < -0.4 is 10.2 Å². The van der Waals surface area contributed by atoms with Crippen molar-refractivity contribution in [2.45, 2.75) is 24.6 Å². The molecule has 4 heterocycles. The lowest BCUT2D eigenvalue weighted by Gasteiger charge is -2.24. The Bertz CT molecular complexity index is 1210. The van der Waals surface area contributed by atoms with Gasteiger partial charge in [-0.2, -0.15) is 18.3 Å². The van der Waals surface area contributed by atoms with Crippen molar-refractivity contribution in [1.82, 2.24) is 19.7 Å². The van der Waals surface area contributed by atoms with Crippen molar-refractivity contribution in [3.8, 4) is 11.3 Å². The third-order valence-electron chi connectivity index (χ3n) is 5.42. The summed E-state index contributed by atoms with van der Waals surface area (Å²) in [5.74, 6) is -0.916. The van der Waals surface area contributed by atoms with Gasteiger partial charge in [-0.3, -0.25) is 9.48 Å². The van der Waals surface area contributed by atoms with Crippen LogP contribution >= 0.6 is 0 Å². The van der Waals surface area contributed by atoms with Crippen LogP contribution in [0.5, 0.6) is 0 Å². The Morgan fingerprint density at radius 3 is 2.65 bits per heavy atom. The molecule has 1 unspecified atom stereocenters. The second-order valence-electron chi connectivity index (χ2n) is 7.93. The van der Waals surface area contributed by atoms with Crippen LogP contribution in [0.2, 0.25) is 0 Å². The molecule has 2 N–H and O–H groups in total. The third kappa shape index (κ3) is 4.69. The summed E-state index contributed by atoms with van der Waals surface area (Å²) in [6.45, 7) is -0.504. The molecule has 8 nitrogen and oxygen atoms in total. The van der Waals surface area contributed by atoms with Crippen molar-refractivity contribution in [2.75, 3.05) is 23.3 Å². The summed E-state index contributed by atoms with van der Waals surface area (Å²) in [6, 6.07) is 5.48. The zero-order chi connectivity index (χ0) is 24.7. The summed E-state index contributed by atoms with van der Waals surface area (Å²) in [6.07, 6.45) is -4.11. The van der Waals surface area contributed by atoms with Gasteiger partial charge in [-0.05, 0) is 18.2 Å². The van der Waals surface area contributed by atoms with Crippen LogP contribution in [0.1, 0.15) is 22.6 Å². The number of anilines is 2. The summed E-state index contributed by atoms with van der Waals surface area (Å²) in [5, 5.41) is 16.2. The van der Waals surface area contributed by atoms with E-state index in [1.807, 2.05) is 0 Å². The molecular weight excluding hydrogens is 463 g/mol. The normalized spacial score (nSPS) is 18.5. The van der Waals surface area contributed by atoms with Gasteiger partial charge in [0.1, 0.15) is 11.3 Å². The number of pyridine rings is 2. The van der Waals surface area contributed by atoms with Gasteiger partial charge in [-0.1, -0.05) is 6.07 Å². The molecule has 1 aliphatic heterocycles. The first-order valence-electron chi connectivity index (χ1n) is 10.1. The number of rotatable bonds is 5. The first-order valence-corrected chi connectivity index (χ1v) is 10.1. The summed E-state index contributed by atoms with van der Waals surface area (Å²) < 4.78 is 68.4. The number of nitrogens with zero attached hydrogens (tertiary/aromatic N) is 5. The molecule has 4 rings (SSSR count). The summed E-state index contributed by atoms with van der Waals surface area (Å²) >= 11 is 0. The van der Waals surface area contributed by atoms with E-state index in [9.17, 15) is 31.9 Å². The Kier molecular flexibility index (Phi) is 5.98. The molecule has 1 saturated heterocycles. The van der Waals surface area contributed by atoms with Crippen molar-refractivity contribution in [3.63, 3.8) is 0 Å². The van der Waals surface area contributed by atoms with Crippen LogP contribution in [0.25, 0.3) is 11.3 Å². The number of carbonyl (C=O) groups is 1. The number of aryl methyl sites for hydroxylation is 1. The van der Waals surface area contributed by atoms with Gasteiger partial charge in [0.25, 0.3) is 12.3 Å². The second kappa shape index (κ2) is 8.63. The van der Waals surface area contributed by atoms with E-state index >= 15 is 0 Å². The zero-order valence-corrected chi connectivity index (χ0v) is 17.7. The van der Waals surface area contributed by atoms with Crippen LogP contribution in [0.4, 0.5) is 33.3 Å². The highest BCUT2D eigenvalue weighted by atomic mass is 19.4. The molecule has 0 saturated carbocycles. The number of hydrogen-bond acceptors (Lipinski definition) is 6. The molecule has 180 valence electrons. The molecule has 0 aliphatic carbocycles. The molecule has 3 aromatic rings. The van der Waals surface area contributed by atoms with E-state index < -0.39 is 42.0 Å². The number of hydrogen-bond donors (Lipinski definition) is 2. The number of alkyl halides is 5. The van der Waals surface area contributed by atoms with Crippen molar-refractivity contribution in [1.29, 1.82) is 0 Å². The van der Waals surface area contributed by atoms with Gasteiger partial charge in [-0.15, -0.1) is 0 Å². The maximum Gasteiger partial charge on any atom is 0.435 e. The van der Waals surface area contributed by atoms with E-state index in [0.29, 0.717) is 11.3 Å². The average molecular weight is 482 g/mol. The second-order valence-corrected chi connectivity index (χ2v) is 7.93. The number of β-amino-alcohol motifs (C(OH)–C–C–N with tert-alkyl or cyclic N) is 1. The first-order chi connectivity index (χ1) is 16.0. The van der Waals surface area contributed by atoms with Gasteiger partial charge in [0.2, 0.25) is 0 Å². The van der Waals surface area contributed by atoms with Gasteiger partial charge in [0.15, 0.2) is 5.69 Å². The fourth-order valence-electron chi connectivity index (χ4n) is 3.63. The molecule has 1 fully saturated rings. The molecule has 0 spiro atoms. The highest BCUT2D eigenvalue weighted by molar-refractivity contribution is 6.03. The predicted molar refractivity (Wildman–Crippen MR) is 111 cm³/mol. The number of carbonyl (C=O) groups excluding carboxylic acids is 1. The Hall–Kier alpha value is -3.61. The zero-order valence-electron chi connectivity index (χ0n) is 17.7. The highest BCUT2D eigenvalue weighted by Gasteiger charge is 2.45. The number of aromatic nitrogens is 4. The fourth-order valence-corrected chi connectivity index (χ4v) is 3.63. The van der Waals surface area contributed by atoms with Gasteiger partial charge < -0.3 is 15.3 Å². The quantitative estimate of drug-likeness (QED) is 0.542. The van der Waals surface area contributed by atoms with E-state index in [4.69, 9.17) is 0 Å². The number of aliphatic hydroxyl groups is 1. The SMILES string of the molecule is Cn1cc(-c2cccc(C(=O)Nc3cc(N4CCC(O)(C(F)F)C4)cnc3C(F)(F)F)n2)cn1. The van der Waals surface area contributed by atoms with E-state index in [2.05, 4.69) is 20.4 Å². The van der Waals surface area contributed by atoms with E-state index in [-0.39, 0.29) is 24.3 Å². The van der Waals surface area contributed by atoms with Crippen molar-refractivity contribution in [3.05, 3.63) is 54.2 Å². The van der Waals surface area contributed by atoms with Crippen molar-refractivity contribution >= 4 is 17.3 Å². The number of nitrogens with one attached hydrogen (secondary N) is 1. The molecule has 13 heteroatoms. The molecule has 3 aromatic heterocycles. The molecular formula is C21H19F5N6O2. The Balaban J connectivity index is 1.63. The number of amides is 1. The predicted octanol–water partition coefficient (Wildman–Crippen LogP) is 3.35. The minimum Gasteiger partial charge on any atom is -0.382 e. The van der Waals surface area contributed by atoms with Gasteiger partial charge >= 0.3 is 6.18 Å². The van der Waals surface area contributed by atoms with Crippen LogP contribution in [0, 0.1) is 0 Å². The molecule has 0 aromatic carbocycles. The highest BCUT2D eigenvalue weighted by Crippen LogP contribution is 2.37. The summed E-state index contributed by atoms with van der Waals surface area (Å²) in [5.41, 5.74) is -3.37. The topological polar surface area (TPSA) is 96.2 Å². The maximum atomic E-state index is 13.5. The minimum absolute atomic E-state index is 0.0179. The van der Waals surface area contributed by atoms with Gasteiger partial charge in [0.05, 0.1) is 36.0 Å². The summed E-state index contributed by atoms with van der Waals surface area (Å²) in [7, 11) is 1.70. The lowest BCUT2D eigenvalue weighted by molar-refractivity contribution is -0.140.